The average molecular weight is 522 g/mol. The molecule has 0 spiro atoms. The van der Waals surface area contributed by atoms with Gasteiger partial charge in [0.05, 0.1) is 24.8 Å². The van der Waals surface area contributed by atoms with Crippen LogP contribution in [0.2, 0.25) is 0 Å². The van der Waals surface area contributed by atoms with Crippen LogP contribution in [0.15, 0.2) is 82.8 Å². The predicted octanol–water partition coefficient (Wildman–Crippen LogP) is 5.87. The summed E-state index contributed by atoms with van der Waals surface area (Å²) in [5.74, 6) is -0.490. The fourth-order valence-corrected chi connectivity index (χ4v) is 4.20. The summed E-state index contributed by atoms with van der Waals surface area (Å²) in [6, 6.07) is 20.2. The lowest BCUT2D eigenvalue weighted by molar-refractivity contribution is -0.132. The first-order valence-electron chi connectivity index (χ1n) is 10.8. The van der Waals surface area contributed by atoms with Crippen LogP contribution in [0.4, 0.5) is 5.69 Å². The molecule has 7 heteroatoms. The van der Waals surface area contributed by atoms with E-state index in [2.05, 4.69) is 15.9 Å². The number of hydrogen-bond acceptors (Lipinski definition) is 5. The largest absolute Gasteiger partial charge is 0.507 e. The molecule has 1 aliphatic heterocycles. The van der Waals surface area contributed by atoms with Crippen LogP contribution in [0, 0.1) is 0 Å². The molecular weight excluding hydrogens is 498 g/mol. The molecule has 6 nitrogen and oxygen atoms in total. The smallest absolute Gasteiger partial charge is 0.300 e. The zero-order valence-electron chi connectivity index (χ0n) is 19.0. The van der Waals surface area contributed by atoms with E-state index in [0.29, 0.717) is 28.3 Å². The summed E-state index contributed by atoms with van der Waals surface area (Å²) in [4.78, 5) is 27.9. The number of hydrogen-bond donors (Lipinski definition) is 1. The average Bonchev–Trinajstić information content (AvgIpc) is 3.09. The lowest BCUT2D eigenvalue weighted by Gasteiger charge is -2.26. The van der Waals surface area contributed by atoms with Gasteiger partial charge in [0.15, 0.2) is 0 Å². The number of anilines is 1. The van der Waals surface area contributed by atoms with Gasteiger partial charge in [0.2, 0.25) is 0 Å². The molecule has 0 saturated carbocycles. The highest BCUT2D eigenvalue weighted by atomic mass is 79.9. The fourth-order valence-electron chi connectivity index (χ4n) is 3.94. The van der Waals surface area contributed by atoms with Crippen LogP contribution in [0.5, 0.6) is 11.5 Å². The molecule has 1 unspecified atom stereocenters. The Morgan fingerprint density at radius 3 is 2.26 bits per heavy atom. The molecule has 34 heavy (non-hydrogen) atoms. The normalized spacial score (nSPS) is 17.3. The van der Waals surface area contributed by atoms with Gasteiger partial charge in [-0.1, -0.05) is 46.3 Å². The molecule has 174 valence electrons. The Morgan fingerprint density at radius 1 is 0.971 bits per heavy atom. The molecule has 0 aromatic heterocycles. The number of ether oxygens (including phenoxy) is 2. The number of ketones is 1. The highest BCUT2D eigenvalue weighted by molar-refractivity contribution is 9.10. The third kappa shape index (κ3) is 4.56. The van der Waals surface area contributed by atoms with Crippen molar-refractivity contribution < 1.29 is 24.2 Å². The van der Waals surface area contributed by atoms with Gasteiger partial charge in [0, 0.05) is 21.8 Å². The van der Waals surface area contributed by atoms with Gasteiger partial charge in [-0.15, -0.1) is 0 Å². The Morgan fingerprint density at radius 2 is 1.65 bits per heavy atom. The molecule has 1 fully saturated rings. The second-order valence-corrected chi connectivity index (χ2v) is 9.03. The molecule has 0 radical (unpaired) electrons. The molecule has 0 aliphatic carbocycles. The van der Waals surface area contributed by atoms with Crippen molar-refractivity contribution in [2.75, 3.05) is 12.0 Å². The van der Waals surface area contributed by atoms with Crippen molar-refractivity contribution in [2.45, 2.75) is 26.0 Å². The second-order valence-electron chi connectivity index (χ2n) is 8.11. The molecule has 4 rings (SSSR count). The maximum atomic E-state index is 13.3. The first-order chi connectivity index (χ1) is 16.3. The van der Waals surface area contributed by atoms with Crippen LogP contribution in [0.3, 0.4) is 0 Å². The number of aliphatic hydroxyl groups excluding tert-OH is 1. The first-order valence-corrected chi connectivity index (χ1v) is 11.6. The number of aliphatic hydroxyl groups is 1. The molecule has 1 saturated heterocycles. The van der Waals surface area contributed by atoms with Gasteiger partial charge in [-0.05, 0) is 55.8 Å². The van der Waals surface area contributed by atoms with Crippen molar-refractivity contribution in [2.24, 2.45) is 0 Å². The van der Waals surface area contributed by atoms with Gasteiger partial charge in [-0.2, -0.15) is 0 Å². The topological polar surface area (TPSA) is 76.1 Å². The lowest BCUT2D eigenvalue weighted by atomic mass is 9.95. The molecule has 1 heterocycles. The molecule has 3 aromatic carbocycles. The van der Waals surface area contributed by atoms with E-state index in [1.807, 2.05) is 13.8 Å². The second kappa shape index (κ2) is 9.73. The van der Waals surface area contributed by atoms with Crippen molar-refractivity contribution >= 4 is 39.1 Å². The summed E-state index contributed by atoms with van der Waals surface area (Å²) in [7, 11) is 1.53. The standard InChI is InChI=1S/C27H24BrNO5/c1-16(2)34-21-13-9-17(10-14-21)24-23(25(30)18-7-11-19(28)12-8-18)26(31)27(32)29(24)20-5-4-6-22(15-20)33-3/h4-16,24,30H,1-3H3/b25-23+. The highest BCUT2D eigenvalue weighted by Gasteiger charge is 2.47. The minimum Gasteiger partial charge on any atom is -0.507 e. The number of nitrogens with zero attached hydrogens (tertiary/aromatic N) is 1. The monoisotopic (exact) mass is 521 g/mol. The highest BCUT2D eigenvalue weighted by Crippen LogP contribution is 2.43. The number of amides is 1. The van der Waals surface area contributed by atoms with E-state index < -0.39 is 17.7 Å². The number of carbonyl (C=O) groups is 2. The van der Waals surface area contributed by atoms with Crippen LogP contribution in [0.1, 0.15) is 31.0 Å². The molecule has 1 amide bonds. The molecule has 0 bridgehead atoms. The summed E-state index contributed by atoms with van der Waals surface area (Å²) in [6.45, 7) is 3.87. The van der Waals surface area contributed by atoms with Crippen LogP contribution >= 0.6 is 15.9 Å². The van der Waals surface area contributed by atoms with Crippen molar-refractivity contribution in [3.8, 4) is 11.5 Å². The minimum atomic E-state index is -0.830. The van der Waals surface area contributed by atoms with Gasteiger partial charge in [0.25, 0.3) is 11.7 Å². The van der Waals surface area contributed by atoms with Crippen LogP contribution in [-0.4, -0.2) is 30.0 Å². The van der Waals surface area contributed by atoms with Gasteiger partial charge in [-0.3, -0.25) is 14.5 Å². The summed E-state index contributed by atoms with van der Waals surface area (Å²) in [5.41, 5.74) is 1.62. The Hall–Kier alpha value is -3.58. The Kier molecular flexibility index (Phi) is 6.75. The molecule has 3 aromatic rings. The molecular formula is C27H24BrNO5. The Balaban J connectivity index is 1.89. The summed E-state index contributed by atoms with van der Waals surface area (Å²) in [5, 5.41) is 11.2. The molecule has 1 atom stereocenters. The zero-order chi connectivity index (χ0) is 24.4. The number of benzene rings is 3. The van der Waals surface area contributed by atoms with Gasteiger partial charge in [-0.25, -0.2) is 0 Å². The summed E-state index contributed by atoms with van der Waals surface area (Å²) < 4.78 is 11.9. The van der Waals surface area contributed by atoms with E-state index in [4.69, 9.17) is 9.47 Å². The van der Waals surface area contributed by atoms with E-state index in [0.717, 1.165) is 4.47 Å². The van der Waals surface area contributed by atoms with Gasteiger partial charge < -0.3 is 14.6 Å². The number of carbonyl (C=O) groups excluding carboxylic acids is 2. The molecule has 1 N–H and O–H groups in total. The van der Waals surface area contributed by atoms with E-state index in [1.54, 1.807) is 72.8 Å². The van der Waals surface area contributed by atoms with E-state index in [1.165, 1.54) is 12.0 Å². The fraction of sp³-hybridized carbons (Fsp3) is 0.185. The maximum Gasteiger partial charge on any atom is 0.300 e. The number of halogens is 1. The Labute approximate surface area is 206 Å². The van der Waals surface area contributed by atoms with Crippen LogP contribution in [-0.2, 0) is 9.59 Å². The third-order valence-corrected chi connectivity index (χ3v) is 5.99. The van der Waals surface area contributed by atoms with Crippen molar-refractivity contribution in [1.82, 2.24) is 0 Å². The quantitative estimate of drug-likeness (QED) is 0.249. The lowest BCUT2D eigenvalue weighted by Crippen LogP contribution is -2.29. The van der Waals surface area contributed by atoms with Crippen LogP contribution < -0.4 is 14.4 Å². The van der Waals surface area contributed by atoms with Crippen molar-refractivity contribution in [1.29, 1.82) is 0 Å². The maximum absolute atomic E-state index is 13.3. The van der Waals surface area contributed by atoms with Crippen molar-refractivity contribution in [3.05, 3.63) is 94.0 Å². The third-order valence-electron chi connectivity index (χ3n) is 5.46. The van der Waals surface area contributed by atoms with E-state index in [-0.39, 0.29) is 17.4 Å². The summed E-state index contributed by atoms with van der Waals surface area (Å²) in [6.07, 6.45) is 0.00525. The predicted molar refractivity (Wildman–Crippen MR) is 134 cm³/mol. The SMILES string of the molecule is COc1cccc(N2C(=O)C(=O)/C(=C(/O)c3ccc(Br)cc3)C2c2ccc(OC(C)C)cc2)c1. The van der Waals surface area contributed by atoms with Crippen molar-refractivity contribution in [3.63, 3.8) is 0 Å². The number of Topliss-reactive ketones (excluding diaryl/α,β-unsaturated/α-hetero) is 1. The van der Waals surface area contributed by atoms with E-state index >= 15 is 0 Å². The van der Waals surface area contributed by atoms with Crippen LogP contribution in [0.25, 0.3) is 5.76 Å². The number of methoxy groups -OCH3 is 1. The zero-order valence-corrected chi connectivity index (χ0v) is 20.6. The van der Waals surface area contributed by atoms with E-state index in [9.17, 15) is 14.7 Å². The van der Waals surface area contributed by atoms with Gasteiger partial charge >= 0.3 is 0 Å². The summed E-state index contributed by atoms with van der Waals surface area (Å²) >= 11 is 3.37. The first kappa shape index (κ1) is 23.6. The van der Waals surface area contributed by atoms with Gasteiger partial charge in [0.1, 0.15) is 17.3 Å². The molecule has 1 aliphatic rings. The minimum absolute atomic E-state index is 0.00525. The Bertz CT molecular complexity index is 1250. The number of rotatable bonds is 6.